The molecule has 0 aliphatic heterocycles. The Morgan fingerprint density at radius 2 is 1.21 bits per heavy atom. The molecular weight excluding hydrogens is 649 g/mol. The first-order chi connectivity index (χ1) is 25.8. The number of para-hydroxylation sites is 1. The highest BCUT2D eigenvalue weighted by Gasteiger charge is 2.10. The van der Waals surface area contributed by atoms with Crippen LogP contribution >= 0.6 is 0 Å². The Labute approximate surface area is 316 Å². The molecule has 0 fully saturated rings. The first kappa shape index (κ1) is 41.7. The van der Waals surface area contributed by atoms with Gasteiger partial charge in [-0.1, -0.05) is 136 Å². The number of nitrogens with one attached hydrogen (secondary N) is 1. The molecule has 2 aromatic heterocycles. The van der Waals surface area contributed by atoms with Gasteiger partial charge in [0.1, 0.15) is 22.5 Å². The molecule has 7 rings (SSSR count). The molecule has 0 spiro atoms. The van der Waals surface area contributed by atoms with Crippen LogP contribution in [0.5, 0.6) is 0 Å². The molecule has 5 aromatic carbocycles. The second-order valence-electron chi connectivity index (χ2n) is 12.2. The first-order valence-corrected chi connectivity index (χ1v) is 18.4. The number of fused-ring (bicyclic) bond motifs is 4. The molecule has 3 N–H and O–H groups in total. The summed E-state index contributed by atoms with van der Waals surface area (Å²) in [6, 6.07) is 38.2. The smallest absolute Gasteiger partial charge is 0.135 e. The van der Waals surface area contributed by atoms with Crippen LogP contribution in [0, 0.1) is 26.2 Å². The normalized spacial score (nSPS) is 11.0. The van der Waals surface area contributed by atoms with Crippen molar-refractivity contribution in [3.05, 3.63) is 162 Å². The average molecular weight is 705 g/mol. The topological polar surface area (TPSA) is 76.2 Å². The summed E-state index contributed by atoms with van der Waals surface area (Å²) < 4.78 is 11.7. The molecule has 274 valence electrons. The zero-order chi connectivity index (χ0) is 38.8. The third-order valence-electron chi connectivity index (χ3n) is 8.41. The number of hydrogen-bond acceptors (Lipinski definition) is 4. The van der Waals surface area contributed by atoms with Crippen molar-refractivity contribution in [2.75, 3.05) is 6.54 Å². The maximum atomic E-state index is 5.99. The third kappa shape index (κ3) is 11.1. The van der Waals surface area contributed by atoms with Gasteiger partial charge in [0.2, 0.25) is 0 Å². The van der Waals surface area contributed by atoms with Gasteiger partial charge in [-0.25, -0.2) is 0 Å². The Morgan fingerprint density at radius 3 is 1.85 bits per heavy atom. The van der Waals surface area contributed by atoms with Gasteiger partial charge < -0.3 is 20.0 Å². The van der Waals surface area contributed by atoms with E-state index in [0.29, 0.717) is 6.54 Å². The summed E-state index contributed by atoms with van der Waals surface area (Å²) in [6.45, 7) is 19.5. The molecule has 53 heavy (non-hydrogen) atoms. The van der Waals surface area contributed by atoms with E-state index in [9.17, 15) is 0 Å². The van der Waals surface area contributed by atoms with Gasteiger partial charge >= 0.3 is 0 Å². The van der Waals surface area contributed by atoms with Crippen LogP contribution in [-0.2, 0) is 0 Å². The number of nitrogens with two attached hydrogens (primary N) is 1. The Bertz CT molecular complexity index is 2280. The fourth-order valence-electron chi connectivity index (χ4n) is 6.02. The van der Waals surface area contributed by atoms with Crippen molar-refractivity contribution >= 4 is 45.7 Å². The van der Waals surface area contributed by atoms with Crippen molar-refractivity contribution < 1.29 is 8.83 Å². The molecule has 4 nitrogen and oxygen atoms in total. The average Bonchev–Trinajstić information content (AvgIpc) is 3.72. The molecule has 0 atom stereocenters. The summed E-state index contributed by atoms with van der Waals surface area (Å²) in [5.41, 5.74) is 18.1. The molecule has 0 bridgehead atoms. The van der Waals surface area contributed by atoms with Crippen molar-refractivity contribution in [2.24, 2.45) is 5.73 Å². The van der Waals surface area contributed by atoms with E-state index in [1.165, 1.54) is 60.7 Å². The summed E-state index contributed by atoms with van der Waals surface area (Å²) in [4.78, 5) is 0. The molecule has 0 saturated heterocycles. The predicted molar refractivity (Wildman–Crippen MR) is 233 cm³/mol. The summed E-state index contributed by atoms with van der Waals surface area (Å²) >= 11 is 0. The highest BCUT2D eigenvalue weighted by atomic mass is 16.3. The molecule has 4 heteroatoms. The standard InChI is InChI=1S/C25H22O.C13H10O.C8H15N.C2H6.CH3N/c1-4-7-23-18(3)26-25-16-22(12-13-24(23)25)21-11-6-10-20(15-21)19-9-5-8-17(2)14-19;1-9-6-7-11-10-4-2-3-5-12(10)14-13(11)8-9;1-3-5-8(7-9)6-4-2;2*1-2/h4-16H,1-3H3;2-8H,1H3;3,5-6H,4,7,9H2,1-2H3;1-2H3;2H,1H2/b7-4-;;5-3-,8-6+;;. The van der Waals surface area contributed by atoms with E-state index in [4.69, 9.17) is 20.0 Å². The molecule has 0 aliphatic carbocycles. The molecule has 0 saturated carbocycles. The number of benzene rings is 5. The Morgan fingerprint density at radius 1 is 0.623 bits per heavy atom. The van der Waals surface area contributed by atoms with Gasteiger partial charge in [-0.15, -0.1) is 0 Å². The lowest BCUT2D eigenvalue weighted by atomic mass is 9.97. The van der Waals surface area contributed by atoms with Gasteiger partial charge in [-0.2, -0.15) is 0 Å². The molecular formula is C49H56N2O2. The van der Waals surface area contributed by atoms with E-state index in [0.717, 1.165) is 28.9 Å². The van der Waals surface area contributed by atoms with E-state index >= 15 is 0 Å². The fourth-order valence-corrected chi connectivity index (χ4v) is 6.02. The predicted octanol–water partition coefficient (Wildman–Crippen LogP) is 14.5. The Balaban J connectivity index is 0.000000234. The number of allylic oxidation sites excluding steroid dienone is 3. The van der Waals surface area contributed by atoms with E-state index in [1.54, 1.807) is 0 Å². The lowest BCUT2D eigenvalue weighted by molar-refractivity contribution is 0.577. The number of rotatable bonds is 6. The Hall–Kier alpha value is -5.71. The zero-order valence-corrected chi connectivity index (χ0v) is 32.8. The highest BCUT2D eigenvalue weighted by molar-refractivity contribution is 6.04. The quantitative estimate of drug-likeness (QED) is 0.134. The number of furan rings is 2. The first-order valence-electron chi connectivity index (χ1n) is 18.4. The van der Waals surface area contributed by atoms with Gasteiger partial charge in [0.15, 0.2) is 0 Å². The third-order valence-corrected chi connectivity index (χ3v) is 8.41. The summed E-state index contributed by atoms with van der Waals surface area (Å²) in [5.74, 6) is 0.962. The van der Waals surface area contributed by atoms with E-state index in [-0.39, 0.29) is 0 Å². The van der Waals surface area contributed by atoms with Gasteiger partial charge in [0, 0.05) is 28.3 Å². The zero-order valence-electron chi connectivity index (χ0n) is 32.8. The van der Waals surface area contributed by atoms with Crippen LogP contribution in [0.4, 0.5) is 0 Å². The van der Waals surface area contributed by atoms with Crippen LogP contribution < -0.4 is 5.73 Å². The van der Waals surface area contributed by atoms with E-state index in [1.807, 2.05) is 65.0 Å². The van der Waals surface area contributed by atoms with Gasteiger partial charge in [0.05, 0.1) is 0 Å². The molecule has 0 unspecified atom stereocenters. The molecule has 0 amide bonds. The monoisotopic (exact) mass is 704 g/mol. The highest BCUT2D eigenvalue weighted by Crippen LogP contribution is 2.33. The van der Waals surface area contributed by atoms with Gasteiger partial charge in [-0.3, -0.25) is 0 Å². The lowest BCUT2D eigenvalue weighted by Gasteiger charge is -2.07. The van der Waals surface area contributed by atoms with Gasteiger partial charge in [0.25, 0.3) is 0 Å². The van der Waals surface area contributed by atoms with Crippen molar-refractivity contribution in [1.82, 2.24) is 0 Å². The van der Waals surface area contributed by atoms with Crippen LogP contribution in [0.25, 0.3) is 61.2 Å². The molecule has 0 radical (unpaired) electrons. The van der Waals surface area contributed by atoms with Crippen LogP contribution in [-0.4, -0.2) is 13.3 Å². The van der Waals surface area contributed by atoms with Crippen LogP contribution in [0.3, 0.4) is 0 Å². The minimum absolute atomic E-state index is 0.651. The Kier molecular flexibility index (Phi) is 17.0. The van der Waals surface area contributed by atoms with Crippen molar-refractivity contribution in [3.8, 4) is 22.3 Å². The van der Waals surface area contributed by atoms with E-state index in [2.05, 4.69) is 137 Å². The minimum atomic E-state index is 0.651. The van der Waals surface area contributed by atoms with Crippen LogP contribution in [0.15, 0.2) is 148 Å². The maximum absolute atomic E-state index is 5.99. The largest absolute Gasteiger partial charge is 0.461 e. The van der Waals surface area contributed by atoms with E-state index < -0.39 is 0 Å². The van der Waals surface area contributed by atoms with Crippen molar-refractivity contribution in [3.63, 3.8) is 0 Å². The van der Waals surface area contributed by atoms with Crippen molar-refractivity contribution in [2.45, 2.75) is 61.8 Å². The molecule has 0 aliphatic rings. The van der Waals surface area contributed by atoms with Crippen molar-refractivity contribution in [1.29, 1.82) is 5.41 Å². The summed E-state index contributed by atoms with van der Waals surface area (Å²) in [7, 11) is 0. The second kappa shape index (κ2) is 21.6. The fraction of sp³-hybridized carbons (Fsp3) is 0.204. The summed E-state index contributed by atoms with van der Waals surface area (Å²) in [6.07, 6.45) is 11.4. The lowest BCUT2D eigenvalue weighted by Crippen LogP contribution is -2.00. The van der Waals surface area contributed by atoms with Gasteiger partial charge in [-0.05, 0) is 111 Å². The minimum Gasteiger partial charge on any atom is -0.461 e. The second-order valence-corrected chi connectivity index (χ2v) is 12.2. The molecule has 2 heterocycles. The van der Waals surface area contributed by atoms with Crippen LogP contribution in [0.1, 0.15) is 63.5 Å². The SMILES string of the molecule is C/C=C\C(=C/CC)CN.C/C=C\c1c(C)oc2cc(-c3cccc(-c4cccc(C)c4)c3)ccc12.C=N.CC.Cc1ccc2c(c1)oc1ccccc12. The van der Waals surface area contributed by atoms with Crippen LogP contribution in [0.2, 0.25) is 0 Å². The maximum Gasteiger partial charge on any atom is 0.135 e. The molecule has 7 aromatic rings. The number of hydrogen-bond donors (Lipinski definition) is 2. The summed E-state index contributed by atoms with van der Waals surface area (Å²) in [5, 5.41) is 9.06. The number of aryl methyl sites for hydroxylation is 3.